The van der Waals surface area contributed by atoms with Crippen LogP contribution in [0, 0.1) is 0 Å². The zero-order valence-corrected chi connectivity index (χ0v) is 39.3. The average Bonchev–Trinajstić information content (AvgIpc) is 4.07. The summed E-state index contributed by atoms with van der Waals surface area (Å²) in [6.07, 6.45) is 0. The molecule has 4 heteroatoms. The molecule has 0 unspecified atom stereocenters. The molecule has 0 bridgehead atoms. The maximum Gasteiger partial charge on any atom is 0.179 e. The Labute approximate surface area is 407 Å². The van der Waals surface area contributed by atoms with Crippen molar-refractivity contribution in [3.63, 3.8) is 0 Å². The normalized spacial score (nSPS) is 12.0. The van der Waals surface area contributed by atoms with Crippen LogP contribution in [0.1, 0.15) is 0 Å². The van der Waals surface area contributed by atoms with Crippen molar-refractivity contribution >= 4 is 94.2 Å². The molecule has 3 aromatic heterocycles. The fraction of sp³-hybridized carbons (Fsp3) is 0. The van der Waals surface area contributed by atoms with Gasteiger partial charge >= 0.3 is 0 Å². The predicted octanol–water partition coefficient (Wildman–Crippen LogP) is 14.0. The molecular formula is C66H45N3Si. The van der Waals surface area contributed by atoms with Crippen LogP contribution in [0.25, 0.3) is 93.6 Å². The van der Waals surface area contributed by atoms with Gasteiger partial charge in [0.1, 0.15) is 0 Å². The topological polar surface area (TPSA) is 14.8 Å². The minimum atomic E-state index is -2.76. The Morgan fingerprint density at radius 3 is 1.14 bits per heavy atom. The molecule has 328 valence electrons. The van der Waals surface area contributed by atoms with E-state index in [0.717, 1.165) is 17.1 Å². The molecule has 3 nitrogen and oxygen atoms in total. The first-order valence-electron chi connectivity index (χ1n) is 24.2. The molecule has 0 spiro atoms. The van der Waals surface area contributed by atoms with Crippen molar-refractivity contribution in [2.75, 3.05) is 0 Å². The van der Waals surface area contributed by atoms with E-state index < -0.39 is 8.07 Å². The zero-order chi connectivity index (χ0) is 46.2. The molecule has 0 aliphatic rings. The average molecular weight is 908 g/mol. The molecule has 0 fully saturated rings. The summed E-state index contributed by atoms with van der Waals surface area (Å²) in [5.74, 6) is 0. The van der Waals surface area contributed by atoms with E-state index in [0.29, 0.717) is 0 Å². The van der Waals surface area contributed by atoms with Crippen LogP contribution in [-0.4, -0.2) is 21.8 Å². The Morgan fingerprint density at radius 1 is 0.200 bits per heavy atom. The number of hydrogen-bond acceptors (Lipinski definition) is 0. The molecule has 0 aliphatic heterocycles. The van der Waals surface area contributed by atoms with E-state index in [1.807, 2.05) is 0 Å². The Balaban J connectivity index is 0.930. The van der Waals surface area contributed by atoms with E-state index in [1.165, 1.54) is 97.3 Å². The Morgan fingerprint density at radius 2 is 0.571 bits per heavy atom. The minimum Gasteiger partial charge on any atom is -0.309 e. The predicted molar refractivity (Wildman–Crippen MR) is 299 cm³/mol. The van der Waals surface area contributed by atoms with Crippen molar-refractivity contribution < 1.29 is 0 Å². The molecule has 3 heterocycles. The Bertz CT molecular complexity index is 4180. The van der Waals surface area contributed by atoms with Crippen LogP contribution >= 0.6 is 0 Å². The number of benzene rings is 11. The van der Waals surface area contributed by atoms with Gasteiger partial charge in [-0.15, -0.1) is 0 Å². The highest BCUT2D eigenvalue weighted by Gasteiger charge is 2.41. The molecule has 14 rings (SSSR count). The molecule has 0 aliphatic carbocycles. The first kappa shape index (κ1) is 40.1. The smallest absolute Gasteiger partial charge is 0.179 e. The van der Waals surface area contributed by atoms with Gasteiger partial charge in [0.15, 0.2) is 8.07 Å². The largest absolute Gasteiger partial charge is 0.309 e. The van der Waals surface area contributed by atoms with Gasteiger partial charge in [-0.2, -0.15) is 0 Å². The SMILES string of the molecule is c1ccc(-n2c3ccccc3c3ccc(-c4ccc5c(c4)c4ccccc4n5-c4ccc5c(c4)c4ccccc4n5-c4cccc([Si](c5ccccc5)(c5ccccc5)c5ccccc5)c4)cc32)cc1. The Kier molecular flexibility index (Phi) is 9.23. The van der Waals surface area contributed by atoms with E-state index in [9.17, 15) is 0 Å². The molecule has 0 radical (unpaired) electrons. The van der Waals surface area contributed by atoms with Gasteiger partial charge < -0.3 is 13.7 Å². The number of para-hydroxylation sites is 4. The monoisotopic (exact) mass is 907 g/mol. The lowest BCUT2D eigenvalue weighted by molar-refractivity contribution is 1.17. The Hall–Kier alpha value is -8.96. The highest BCUT2D eigenvalue weighted by Crippen LogP contribution is 2.40. The second-order valence-electron chi connectivity index (χ2n) is 18.5. The molecule has 0 amide bonds. The van der Waals surface area contributed by atoms with E-state index in [-0.39, 0.29) is 0 Å². The van der Waals surface area contributed by atoms with Crippen LogP contribution in [-0.2, 0) is 0 Å². The third kappa shape index (κ3) is 6.07. The van der Waals surface area contributed by atoms with Crippen LogP contribution in [0.15, 0.2) is 273 Å². The van der Waals surface area contributed by atoms with Gasteiger partial charge in [0.2, 0.25) is 0 Å². The summed E-state index contributed by atoms with van der Waals surface area (Å²) in [4.78, 5) is 0. The van der Waals surface area contributed by atoms with Crippen molar-refractivity contribution in [1.29, 1.82) is 0 Å². The fourth-order valence-electron chi connectivity index (χ4n) is 11.8. The summed E-state index contributed by atoms with van der Waals surface area (Å²) in [6.45, 7) is 0. The molecule has 11 aromatic carbocycles. The van der Waals surface area contributed by atoms with Crippen molar-refractivity contribution in [3.8, 4) is 28.2 Å². The highest BCUT2D eigenvalue weighted by atomic mass is 28.3. The lowest BCUT2D eigenvalue weighted by Gasteiger charge is -2.34. The summed E-state index contributed by atoms with van der Waals surface area (Å²) < 4.78 is 7.33. The fourth-order valence-corrected chi connectivity index (χ4v) is 16.5. The first-order chi connectivity index (χ1) is 34.7. The first-order valence-corrected chi connectivity index (χ1v) is 26.2. The van der Waals surface area contributed by atoms with Crippen LogP contribution in [0.2, 0.25) is 0 Å². The highest BCUT2D eigenvalue weighted by molar-refractivity contribution is 7.19. The minimum absolute atomic E-state index is 1.14. The quantitative estimate of drug-likeness (QED) is 0.107. The zero-order valence-electron chi connectivity index (χ0n) is 38.3. The van der Waals surface area contributed by atoms with Crippen LogP contribution in [0.4, 0.5) is 0 Å². The summed E-state index contributed by atoms with van der Waals surface area (Å²) in [7, 11) is -2.76. The number of aromatic nitrogens is 3. The van der Waals surface area contributed by atoms with Crippen LogP contribution < -0.4 is 20.7 Å². The van der Waals surface area contributed by atoms with Gasteiger partial charge in [-0.05, 0) is 111 Å². The van der Waals surface area contributed by atoms with Gasteiger partial charge in [-0.25, -0.2) is 0 Å². The van der Waals surface area contributed by atoms with Crippen molar-refractivity contribution in [2.45, 2.75) is 0 Å². The number of nitrogens with zero attached hydrogens (tertiary/aromatic N) is 3. The molecule has 70 heavy (non-hydrogen) atoms. The van der Waals surface area contributed by atoms with E-state index in [4.69, 9.17) is 0 Å². The maximum absolute atomic E-state index is 2.76. The second kappa shape index (κ2) is 16.1. The summed E-state index contributed by atoms with van der Waals surface area (Å²) in [5, 5.41) is 12.9. The van der Waals surface area contributed by atoms with Crippen LogP contribution in [0.3, 0.4) is 0 Å². The lowest BCUT2D eigenvalue weighted by atomic mass is 10.0. The van der Waals surface area contributed by atoms with Gasteiger partial charge in [-0.1, -0.05) is 194 Å². The van der Waals surface area contributed by atoms with Gasteiger partial charge in [-0.3, -0.25) is 0 Å². The van der Waals surface area contributed by atoms with E-state index >= 15 is 0 Å². The second-order valence-corrected chi connectivity index (χ2v) is 22.3. The number of rotatable bonds is 8. The molecule has 0 N–H and O–H groups in total. The third-order valence-corrected chi connectivity index (χ3v) is 19.5. The van der Waals surface area contributed by atoms with E-state index in [2.05, 4.69) is 287 Å². The summed E-state index contributed by atoms with van der Waals surface area (Å²) >= 11 is 0. The van der Waals surface area contributed by atoms with Gasteiger partial charge in [0, 0.05) is 49.4 Å². The van der Waals surface area contributed by atoms with Gasteiger partial charge in [0.25, 0.3) is 0 Å². The third-order valence-electron chi connectivity index (χ3n) is 14.8. The molecule has 0 saturated heterocycles. The number of hydrogen-bond donors (Lipinski definition) is 0. The lowest BCUT2D eigenvalue weighted by Crippen LogP contribution is -2.74. The van der Waals surface area contributed by atoms with Crippen molar-refractivity contribution in [1.82, 2.24) is 13.7 Å². The summed E-state index contributed by atoms with van der Waals surface area (Å²) in [6, 6.07) is 101. The molecule has 0 atom stereocenters. The maximum atomic E-state index is 2.48. The van der Waals surface area contributed by atoms with Crippen LogP contribution in [0.5, 0.6) is 0 Å². The van der Waals surface area contributed by atoms with Gasteiger partial charge in [0.05, 0.1) is 33.1 Å². The number of fused-ring (bicyclic) bond motifs is 9. The van der Waals surface area contributed by atoms with Crippen molar-refractivity contribution in [2.24, 2.45) is 0 Å². The summed E-state index contributed by atoms with van der Waals surface area (Å²) in [5.41, 5.74) is 13.0. The standard InChI is InChI=1S/C66H45N3Si/c1-5-20-48(21-6-1)67-61-33-16-13-30-55(61)58-39-36-47(43-66(58)67)46-37-40-64-59(42-46)56-31-14-17-34-62(56)69(64)50-38-41-65-60(45-50)57-32-15-18-35-63(57)68(65)49-22-19-29-54(44-49)70(51-23-7-2-8-24-51,52-25-9-3-10-26-52)53-27-11-4-12-28-53/h1-45H. The molecular weight excluding hydrogens is 863 g/mol. The molecule has 0 saturated carbocycles. The molecule has 14 aromatic rings. The van der Waals surface area contributed by atoms with E-state index in [1.54, 1.807) is 0 Å². The van der Waals surface area contributed by atoms with Crippen molar-refractivity contribution in [3.05, 3.63) is 273 Å².